The van der Waals surface area contributed by atoms with Gasteiger partial charge in [0.2, 0.25) is 0 Å². The zero-order valence-electron chi connectivity index (χ0n) is 12.2. The Bertz CT molecular complexity index is 481. The Balaban J connectivity index is 2.11. The summed E-state index contributed by atoms with van der Waals surface area (Å²) < 4.78 is 0.887. The number of nitrogens with two attached hydrogens (primary N) is 1. The Morgan fingerprint density at radius 3 is 2.70 bits per heavy atom. The van der Waals surface area contributed by atoms with E-state index in [1.807, 2.05) is 18.2 Å². The van der Waals surface area contributed by atoms with Crippen LogP contribution in [0.5, 0.6) is 0 Å². The minimum atomic E-state index is 0.114. The van der Waals surface area contributed by atoms with E-state index in [0.29, 0.717) is 0 Å². The van der Waals surface area contributed by atoms with Crippen LogP contribution in [0.25, 0.3) is 0 Å². The number of nitrogens with one attached hydrogen (secondary N) is 1. The van der Waals surface area contributed by atoms with Crippen molar-refractivity contribution in [1.82, 2.24) is 4.90 Å². The minimum absolute atomic E-state index is 0.114. The topological polar surface area (TPSA) is 56.4 Å². The number of anilines is 1. The fraction of sp³-hybridized carbons (Fsp3) is 0.533. The lowest BCUT2D eigenvalue weighted by molar-refractivity contribution is 0.222. The first-order valence-electron chi connectivity index (χ1n) is 7.01. The van der Waals surface area contributed by atoms with Crippen molar-refractivity contribution >= 4 is 27.5 Å². The number of nitrogens with zero attached hydrogens (tertiary/aromatic N) is 2. The van der Waals surface area contributed by atoms with Gasteiger partial charge in [-0.15, -0.1) is 0 Å². The molecule has 20 heavy (non-hydrogen) atoms. The lowest BCUT2D eigenvalue weighted by Crippen LogP contribution is -2.36. The van der Waals surface area contributed by atoms with Crippen LogP contribution < -0.4 is 10.6 Å². The van der Waals surface area contributed by atoms with Crippen LogP contribution in [0.1, 0.15) is 18.4 Å². The second-order valence-electron chi connectivity index (χ2n) is 5.67. The molecule has 0 amide bonds. The average molecular weight is 339 g/mol. The molecule has 1 aliphatic rings. The van der Waals surface area contributed by atoms with Gasteiger partial charge in [0, 0.05) is 23.8 Å². The van der Waals surface area contributed by atoms with Crippen LogP contribution in [-0.2, 0) is 0 Å². The molecule has 1 aliphatic heterocycles. The van der Waals surface area contributed by atoms with Crippen LogP contribution in [0.3, 0.4) is 0 Å². The molecule has 1 heterocycles. The van der Waals surface area contributed by atoms with E-state index in [1.165, 1.54) is 25.9 Å². The van der Waals surface area contributed by atoms with Crippen molar-refractivity contribution in [2.45, 2.75) is 12.8 Å². The zero-order chi connectivity index (χ0) is 14.7. The molecule has 1 saturated heterocycles. The molecule has 0 radical (unpaired) electrons. The van der Waals surface area contributed by atoms with E-state index < -0.39 is 0 Å². The zero-order valence-corrected chi connectivity index (χ0v) is 13.8. The largest absolute Gasteiger partial charge is 0.384 e. The number of likely N-dealkylation sites (tertiary alicyclic amines) is 1. The highest BCUT2D eigenvalue weighted by atomic mass is 79.9. The molecular weight excluding hydrogens is 316 g/mol. The first-order chi connectivity index (χ1) is 9.49. The fourth-order valence-electron chi connectivity index (χ4n) is 2.83. The molecule has 1 aromatic carbocycles. The number of piperidine rings is 1. The van der Waals surface area contributed by atoms with E-state index in [4.69, 9.17) is 11.1 Å². The van der Waals surface area contributed by atoms with E-state index in [2.05, 4.69) is 39.8 Å². The Labute approximate surface area is 129 Å². The molecular formula is C15H23BrN4. The quantitative estimate of drug-likeness (QED) is 0.655. The van der Waals surface area contributed by atoms with E-state index in [-0.39, 0.29) is 5.84 Å². The van der Waals surface area contributed by atoms with Crippen molar-refractivity contribution in [3.05, 3.63) is 28.2 Å². The molecule has 1 aromatic rings. The normalized spacial score (nSPS) is 17.1. The van der Waals surface area contributed by atoms with Crippen molar-refractivity contribution in [2.24, 2.45) is 11.7 Å². The summed E-state index contributed by atoms with van der Waals surface area (Å²) in [5.41, 5.74) is 7.55. The molecule has 3 N–H and O–H groups in total. The smallest absolute Gasteiger partial charge is 0.126 e. The summed E-state index contributed by atoms with van der Waals surface area (Å²) in [4.78, 5) is 4.62. The van der Waals surface area contributed by atoms with E-state index >= 15 is 0 Å². The molecule has 0 aromatic heterocycles. The summed E-state index contributed by atoms with van der Waals surface area (Å²) in [6.07, 6.45) is 2.48. The third-order valence-corrected chi connectivity index (χ3v) is 4.70. The number of halogens is 1. The third-order valence-electron chi connectivity index (χ3n) is 4.04. The second-order valence-corrected chi connectivity index (χ2v) is 6.53. The van der Waals surface area contributed by atoms with E-state index in [0.717, 1.165) is 28.2 Å². The molecule has 4 nitrogen and oxygen atoms in total. The van der Waals surface area contributed by atoms with Crippen molar-refractivity contribution in [3.63, 3.8) is 0 Å². The van der Waals surface area contributed by atoms with Crippen molar-refractivity contribution in [2.75, 3.05) is 38.6 Å². The first kappa shape index (κ1) is 15.3. The molecule has 2 rings (SSSR count). The van der Waals surface area contributed by atoms with Gasteiger partial charge in [-0.25, -0.2) is 0 Å². The highest BCUT2D eigenvalue weighted by Gasteiger charge is 2.20. The fourth-order valence-corrected chi connectivity index (χ4v) is 3.40. The summed E-state index contributed by atoms with van der Waals surface area (Å²) in [5, 5.41) is 7.77. The highest BCUT2D eigenvalue weighted by molar-refractivity contribution is 9.10. The molecule has 0 aliphatic carbocycles. The van der Waals surface area contributed by atoms with Crippen LogP contribution in [0.15, 0.2) is 22.7 Å². The van der Waals surface area contributed by atoms with Gasteiger partial charge < -0.3 is 15.5 Å². The SMILES string of the molecule is CN1CCC(CN(C)c2cccc(Br)c2C(=N)N)CC1. The van der Waals surface area contributed by atoms with Crippen molar-refractivity contribution in [3.8, 4) is 0 Å². The van der Waals surface area contributed by atoms with Gasteiger partial charge in [-0.1, -0.05) is 6.07 Å². The lowest BCUT2D eigenvalue weighted by atomic mass is 9.96. The van der Waals surface area contributed by atoms with Crippen molar-refractivity contribution in [1.29, 1.82) is 5.41 Å². The Morgan fingerprint density at radius 1 is 1.45 bits per heavy atom. The Morgan fingerprint density at radius 2 is 2.10 bits per heavy atom. The van der Waals surface area contributed by atoms with Gasteiger partial charge in [-0.3, -0.25) is 5.41 Å². The number of amidine groups is 1. The molecule has 0 atom stereocenters. The highest BCUT2D eigenvalue weighted by Crippen LogP contribution is 2.28. The molecule has 0 saturated carbocycles. The average Bonchev–Trinajstić information content (AvgIpc) is 2.40. The summed E-state index contributed by atoms with van der Waals surface area (Å²) >= 11 is 3.49. The van der Waals surface area contributed by atoms with Gasteiger partial charge in [0.05, 0.1) is 5.56 Å². The number of rotatable bonds is 4. The maximum atomic E-state index is 7.77. The van der Waals surface area contributed by atoms with Gasteiger partial charge in [0.25, 0.3) is 0 Å². The molecule has 110 valence electrons. The van der Waals surface area contributed by atoms with Gasteiger partial charge in [0.15, 0.2) is 0 Å². The maximum Gasteiger partial charge on any atom is 0.126 e. The minimum Gasteiger partial charge on any atom is -0.384 e. The number of hydrogen-bond acceptors (Lipinski definition) is 3. The van der Waals surface area contributed by atoms with Gasteiger partial charge >= 0.3 is 0 Å². The summed E-state index contributed by atoms with van der Waals surface area (Å²) in [6.45, 7) is 3.37. The number of nitrogen functional groups attached to an aromatic ring is 1. The number of hydrogen-bond donors (Lipinski definition) is 2. The second kappa shape index (κ2) is 6.59. The van der Waals surface area contributed by atoms with Crippen LogP contribution in [-0.4, -0.2) is 44.5 Å². The van der Waals surface area contributed by atoms with Gasteiger partial charge in [-0.05, 0) is 67.0 Å². The van der Waals surface area contributed by atoms with Gasteiger partial charge in [-0.2, -0.15) is 0 Å². The maximum absolute atomic E-state index is 7.77. The number of benzene rings is 1. The predicted molar refractivity (Wildman–Crippen MR) is 88.6 cm³/mol. The summed E-state index contributed by atoms with van der Waals surface area (Å²) in [6, 6.07) is 5.97. The lowest BCUT2D eigenvalue weighted by Gasteiger charge is -2.33. The molecule has 0 spiro atoms. The standard InChI is InChI=1S/C15H23BrN4/c1-19-8-6-11(7-9-19)10-20(2)13-5-3-4-12(16)14(13)15(17)18/h3-5,11H,6-10H2,1-2H3,(H3,17,18). The molecule has 0 bridgehead atoms. The monoisotopic (exact) mass is 338 g/mol. The van der Waals surface area contributed by atoms with E-state index in [1.54, 1.807) is 0 Å². The van der Waals surface area contributed by atoms with Crippen LogP contribution in [0, 0.1) is 11.3 Å². The van der Waals surface area contributed by atoms with E-state index in [9.17, 15) is 0 Å². The predicted octanol–water partition coefficient (Wildman–Crippen LogP) is 2.51. The van der Waals surface area contributed by atoms with Crippen molar-refractivity contribution < 1.29 is 0 Å². The van der Waals surface area contributed by atoms with Crippen LogP contribution >= 0.6 is 15.9 Å². The molecule has 0 unspecified atom stereocenters. The third kappa shape index (κ3) is 3.52. The van der Waals surface area contributed by atoms with Crippen LogP contribution in [0.4, 0.5) is 5.69 Å². The Hall–Kier alpha value is -1.07. The molecule has 5 heteroatoms. The first-order valence-corrected chi connectivity index (χ1v) is 7.81. The summed E-state index contributed by atoms with van der Waals surface area (Å²) in [7, 11) is 4.27. The molecule has 1 fully saturated rings. The Kier molecular flexibility index (Phi) is 5.05. The summed E-state index contributed by atoms with van der Waals surface area (Å²) in [5.74, 6) is 0.831. The van der Waals surface area contributed by atoms with Gasteiger partial charge in [0.1, 0.15) is 5.84 Å². The van der Waals surface area contributed by atoms with Crippen LogP contribution in [0.2, 0.25) is 0 Å².